The second-order valence-electron chi connectivity index (χ2n) is 7.27. The van der Waals surface area contributed by atoms with Crippen LogP contribution in [0.25, 0.3) is 5.69 Å². The second-order valence-corrected chi connectivity index (χ2v) is 7.27. The Morgan fingerprint density at radius 3 is 2.35 bits per heavy atom. The number of azo groups is 1. The van der Waals surface area contributed by atoms with Gasteiger partial charge in [0, 0.05) is 12.6 Å². The van der Waals surface area contributed by atoms with Gasteiger partial charge in [-0.05, 0) is 40.8 Å². The quantitative estimate of drug-likeness (QED) is 0.163. The van der Waals surface area contributed by atoms with Gasteiger partial charge in [0.05, 0.1) is 22.5 Å². The number of carbonyl (C=O) groups excluding carboxylic acids is 2. The number of amidine groups is 1. The summed E-state index contributed by atoms with van der Waals surface area (Å²) in [5.41, 5.74) is 5.53. The standard InChI is InChI=1S/C23H17N9O2/c1-31-21(33)18-13-12-16(14-19(18)22(31)34)24-25-20(15-8-4-2-5-9-15)26-27-23-28-29-30-32(23)17-10-6-3-7-11-17/h2-14,24H,1H3/b25-20+,27-26?. The van der Waals surface area contributed by atoms with Crippen LogP contribution in [0.1, 0.15) is 26.3 Å². The highest BCUT2D eigenvalue weighted by Gasteiger charge is 2.32. The zero-order valence-electron chi connectivity index (χ0n) is 17.9. The maximum atomic E-state index is 12.3. The molecule has 2 amide bonds. The number of para-hydroxylation sites is 1. The van der Waals surface area contributed by atoms with E-state index in [2.05, 4.69) is 36.3 Å². The average molecular weight is 451 g/mol. The number of anilines is 1. The number of carbonyl (C=O) groups is 2. The normalized spacial score (nSPS) is 13.6. The van der Waals surface area contributed by atoms with E-state index in [1.165, 1.54) is 11.7 Å². The molecule has 0 bridgehead atoms. The lowest BCUT2D eigenvalue weighted by Crippen LogP contribution is -2.24. The molecule has 11 nitrogen and oxygen atoms in total. The van der Waals surface area contributed by atoms with Crippen LogP contribution >= 0.6 is 0 Å². The van der Waals surface area contributed by atoms with Gasteiger partial charge in [-0.15, -0.1) is 10.2 Å². The predicted octanol–water partition coefficient (Wildman–Crippen LogP) is 3.45. The van der Waals surface area contributed by atoms with E-state index in [4.69, 9.17) is 0 Å². The summed E-state index contributed by atoms with van der Waals surface area (Å²) in [5, 5.41) is 24.4. The summed E-state index contributed by atoms with van der Waals surface area (Å²) in [7, 11) is 1.45. The highest BCUT2D eigenvalue weighted by Crippen LogP contribution is 2.25. The van der Waals surface area contributed by atoms with Crippen molar-refractivity contribution >= 4 is 29.3 Å². The molecule has 1 aliphatic rings. The maximum absolute atomic E-state index is 12.3. The lowest BCUT2D eigenvalue weighted by molar-refractivity contribution is 0.0693. The maximum Gasteiger partial charge on any atom is 0.292 e. The number of hydrogen-bond acceptors (Lipinski definition) is 8. The van der Waals surface area contributed by atoms with E-state index in [0.29, 0.717) is 22.4 Å². The van der Waals surface area contributed by atoms with Crippen molar-refractivity contribution in [1.29, 1.82) is 0 Å². The molecule has 0 fully saturated rings. The third kappa shape index (κ3) is 3.93. The Kier molecular flexibility index (Phi) is 5.40. The molecule has 0 atom stereocenters. The molecule has 166 valence electrons. The zero-order valence-corrected chi connectivity index (χ0v) is 17.9. The lowest BCUT2D eigenvalue weighted by atomic mass is 10.1. The molecule has 5 rings (SSSR count). The van der Waals surface area contributed by atoms with Crippen molar-refractivity contribution in [3.05, 3.63) is 95.6 Å². The minimum absolute atomic E-state index is 0.180. The first-order valence-electron chi connectivity index (χ1n) is 10.2. The molecule has 0 unspecified atom stereocenters. The Balaban J connectivity index is 1.45. The van der Waals surface area contributed by atoms with Crippen molar-refractivity contribution in [2.75, 3.05) is 12.5 Å². The van der Waals surface area contributed by atoms with Crippen molar-refractivity contribution in [2.45, 2.75) is 0 Å². The summed E-state index contributed by atoms with van der Waals surface area (Å²) >= 11 is 0. The van der Waals surface area contributed by atoms with Crippen molar-refractivity contribution < 1.29 is 9.59 Å². The Morgan fingerprint density at radius 1 is 0.882 bits per heavy atom. The fourth-order valence-corrected chi connectivity index (χ4v) is 3.35. The van der Waals surface area contributed by atoms with Gasteiger partial charge in [-0.25, -0.2) is 0 Å². The number of hydrogen-bond donors (Lipinski definition) is 1. The second kappa shape index (κ2) is 8.82. The van der Waals surface area contributed by atoms with Crippen LogP contribution in [0.4, 0.5) is 11.6 Å². The van der Waals surface area contributed by atoms with Crippen molar-refractivity contribution in [3.8, 4) is 5.69 Å². The Bertz CT molecular complexity index is 1430. The van der Waals surface area contributed by atoms with Gasteiger partial charge in [-0.1, -0.05) is 53.6 Å². The van der Waals surface area contributed by atoms with Crippen LogP contribution in [0.3, 0.4) is 0 Å². The first-order chi connectivity index (χ1) is 16.6. The number of fused-ring (bicyclic) bond motifs is 1. The minimum Gasteiger partial charge on any atom is -0.277 e. The SMILES string of the molecule is CN1C(=O)c2ccc(N/N=C(/N=Nc3nnnn3-c3ccccc3)c3ccccc3)cc2C1=O. The third-order valence-electron chi connectivity index (χ3n) is 5.10. The molecule has 34 heavy (non-hydrogen) atoms. The Morgan fingerprint density at radius 2 is 1.59 bits per heavy atom. The molecular weight excluding hydrogens is 434 g/mol. The molecule has 2 heterocycles. The van der Waals surface area contributed by atoms with E-state index >= 15 is 0 Å². The molecule has 1 N–H and O–H groups in total. The molecule has 4 aromatic rings. The zero-order chi connectivity index (χ0) is 23.5. The van der Waals surface area contributed by atoms with Gasteiger partial charge in [0.1, 0.15) is 0 Å². The number of aromatic nitrogens is 4. The number of benzene rings is 3. The summed E-state index contributed by atoms with van der Waals surface area (Å²) < 4.78 is 1.46. The van der Waals surface area contributed by atoms with Crippen LogP contribution in [0, 0.1) is 0 Å². The minimum atomic E-state index is -0.358. The molecule has 1 aliphatic heterocycles. The van der Waals surface area contributed by atoms with E-state index in [-0.39, 0.29) is 23.6 Å². The van der Waals surface area contributed by atoms with Crippen LogP contribution in [-0.2, 0) is 0 Å². The summed E-state index contributed by atoms with van der Waals surface area (Å²) in [5.74, 6) is -0.240. The smallest absolute Gasteiger partial charge is 0.277 e. The van der Waals surface area contributed by atoms with Gasteiger partial charge in [0.25, 0.3) is 17.8 Å². The van der Waals surface area contributed by atoms with Gasteiger partial charge in [0.2, 0.25) is 5.84 Å². The van der Waals surface area contributed by atoms with Crippen molar-refractivity contribution in [1.82, 2.24) is 25.1 Å². The number of nitrogens with one attached hydrogen (secondary N) is 1. The fraction of sp³-hybridized carbons (Fsp3) is 0.0435. The van der Waals surface area contributed by atoms with Gasteiger partial charge in [0.15, 0.2) is 0 Å². The van der Waals surface area contributed by atoms with Crippen LogP contribution in [0.2, 0.25) is 0 Å². The molecule has 0 aliphatic carbocycles. The summed E-state index contributed by atoms with van der Waals surface area (Å²) in [6.45, 7) is 0. The van der Waals surface area contributed by atoms with Gasteiger partial charge >= 0.3 is 0 Å². The van der Waals surface area contributed by atoms with E-state index < -0.39 is 0 Å². The van der Waals surface area contributed by atoms with Crippen molar-refractivity contribution in [2.24, 2.45) is 15.3 Å². The number of nitrogens with zero attached hydrogens (tertiary/aromatic N) is 8. The van der Waals surface area contributed by atoms with E-state index in [1.807, 2.05) is 60.7 Å². The monoisotopic (exact) mass is 451 g/mol. The predicted molar refractivity (Wildman–Crippen MR) is 123 cm³/mol. The largest absolute Gasteiger partial charge is 0.292 e. The number of amides is 2. The number of hydrazone groups is 1. The molecule has 0 spiro atoms. The molecule has 1 aromatic heterocycles. The Hall–Kier alpha value is -5.06. The first kappa shape index (κ1) is 20.8. The number of tetrazole rings is 1. The first-order valence-corrected chi connectivity index (χ1v) is 10.2. The Labute approximate surface area is 193 Å². The molecule has 3 aromatic carbocycles. The average Bonchev–Trinajstić information content (AvgIpc) is 3.44. The summed E-state index contributed by atoms with van der Waals surface area (Å²) in [6.07, 6.45) is 0. The summed E-state index contributed by atoms with van der Waals surface area (Å²) in [6, 6.07) is 23.4. The van der Waals surface area contributed by atoms with Crippen LogP contribution in [-0.4, -0.2) is 49.8 Å². The van der Waals surface area contributed by atoms with Gasteiger partial charge < -0.3 is 0 Å². The van der Waals surface area contributed by atoms with Gasteiger partial charge in [-0.2, -0.15) is 9.78 Å². The number of rotatable bonds is 5. The fourth-order valence-electron chi connectivity index (χ4n) is 3.35. The van der Waals surface area contributed by atoms with Gasteiger partial charge in [-0.3, -0.25) is 19.9 Å². The molecule has 0 saturated heterocycles. The van der Waals surface area contributed by atoms with Crippen LogP contribution < -0.4 is 5.43 Å². The molecule has 0 radical (unpaired) electrons. The lowest BCUT2D eigenvalue weighted by Gasteiger charge is -2.05. The molecular formula is C23H17N9O2. The summed E-state index contributed by atoms with van der Waals surface area (Å²) in [4.78, 5) is 25.5. The highest BCUT2D eigenvalue weighted by atomic mass is 16.2. The van der Waals surface area contributed by atoms with Crippen LogP contribution in [0.15, 0.2) is 94.2 Å². The van der Waals surface area contributed by atoms with Crippen molar-refractivity contribution in [3.63, 3.8) is 0 Å². The number of imide groups is 1. The van der Waals surface area contributed by atoms with Crippen LogP contribution in [0.5, 0.6) is 0 Å². The third-order valence-corrected chi connectivity index (χ3v) is 5.10. The molecule has 0 saturated carbocycles. The van der Waals surface area contributed by atoms with E-state index in [1.54, 1.807) is 18.2 Å². The topological polar surface area (TPSA) is 130 Å². The highest BCUT2D eigenvalue weighted by molar-refractivity contribution is 6.21. The molecule has 11 heteroatoms. The van der Waals surface area contributed by atoms with E-state index in [0.717, 1.165) is 10.6 Å². The van der Waals surface area contributed by atoms with E-state index in [9.17, 15) is 9.59 Å².